The van der Waals surface area contributed by atoms with Crippen molar-refractivity contribution < 1.29 is 18.6 Å². The standard InChI is InChI=1S/C25H15B2NO7S/c29-23-14-5-11(26-32-1-2-33-26)7-16-20(14)28-21-15(23)6-12(27-34-3-4-35-27)8-17(21)25(31)19-10-13(36)9-18(22(19)28)24(16)30/h5-10,36H,1-4H2. The Hall–Kier alpha value is -3.21. The average molecular weight is 495 g/mol. The summed E-state index contributed by atoms with van der Waals surface area (Å²) in [5.74, 6) is 0. The zero-order chi connectivity index (χ0) is 24.3. The van der Waals surface area contributed by atoms with Gasteiger partial charge < -0.3 is 23.0 Å². The molecule has 0 saturated carbocycles. The van der Waals surface area contributed by atoms with Crippen molar-refractivity contribution in [2.75, 3.05) is 26.4 Å². The van der Waals surface area contributed by atoms with Gasteiger partial charge in [0.05, 0.1) is 43.0 Å². The van der Waals surface area contributed by atoms with Gasteiger partial charge in [0, 0.05) is 37.2 Å². The van der Waals surface area contributed by atoms with E-state index in [0.717, 1.165) is 0 Å². The number of aromatic nitrogens is 1. The van der Waals surface area contributed by atoms with Gasteiger partial charge in [0.25, 0.3) is 0 Å². The number of nitrogens with zero attached hydrogens (tertiary/aromatic N) is 1. The highest BCUT2D eigenvalue weighted by Crippen LogP contribution is 2.32. The second-order valence-corrected chi connectivity index (χ2v) is 9.80. The lowest BCUT2D eigenvalue weighted by Crippen LogP contribution is -2.34. The van der Waals surface area contributed by atoms with Gasteiger partial charge in [-0.3, -0.25) is 14.4 Å². The second-order valence-electron chi connectivity index (χ2n) is 9.29. The minimum absolute atomic E-state index is 0.272. The predicted molar refractivity (Wildman–Crippen MR) is 142 cm³/mol. The van der Waals surface area contributed by atoms with E-state index in [1.54, 1.807) is 36.4 Å². The SMILES string of the molecule is O=c1c2cc(S)cc3c(=O)c4cc(B5OCCO5)cc5c(=O)c6cc(B7OCCO7)cc1c6n(c23)c45. The van der Waals surface area contributed by atoms with Crippen LogP contribution < -0.4 is 27.2 Å². The Labute approximate surface area is 208 Å². The average Bonchev–Trinajstić information content (AvgIpc) is 3.61. The fraction of sp³-hybridized carbons (Fsp3) is 0.160. The number of benzene rings is 3. The summed E-state index contributed by atoms with van der Waals surface area (Å²) in [6.07, 6.45) is 0. The van der Waals surface area contributed by atoms with Crippen LogP contribution in [0.1, 0.15) is 0 Å². The molecule has 2 aliphatic rings. The van der Waals surface area contributed by atoms with E-state index < -0.39 is 14.2 Å². The van der Waals surface area contributed by atoms with Gasteiger partial charge in [-0.2, -0.15) is 0 Å². The van der Waals surface area contributed by atoms with Crippen molar-refractivity contribution in [3.63, 3.8) is 0 Å². The van der Waals surface area contributed by atoms with E-state index in [1.165, 1.54) is 0 Å². The first-order chi connectivity index (χ1) is 17.5. The molecule has 5 heterocycles. The zero-order valence-electron chi connectivity index (χ0n) is 18.7. The Morgan fingerprint density at radius 3 is 1.19 bits per heavy atom. The van der Waals surface area contributed by atoms with Crippen LogP contribution in [-0.4, -0.2) is 45.1 Å². The van der Waals surface area contributed by atoms with Crippen molar-refractivity contribution in [1.29, 1.82) is 0 Å². The normalized spacial score (nSPS) is 16.9. The van der Waals surface area contributed by atoms with E-state index in [1.807, 2.05) is 4.40 Å². The van der Waals surface area contributed by atoms with E-state index in [0.29, 0.717) is 91.1 Å². The van der Waals surface area contributed by atoms with E-state index in [9.17, 15) is 14.4 Å². The molecule has 2 fully saturated rings. The zero-order valence-corrected chi connectivity index (χ0v) is 19.6. The number of hydrogen-bond acceptors (Lipinski definition) is 8. The second kappa shape index (κ2) is 7.18. The number of hydrogen-bond donors (Lipinski definition) is 1. The van der Waals surface area contributed by atoms with Crippen molar-refractivity contribution in [3.8, 4) is 0 Å². The van der Waals surface area contributed by atoms with Crippen molar-refractivity contribution in [1.82, 2.24) is 4.40 Å². The van der Waals surface area contributed by atoms with Gasteiger partial charge in [-0.15, -0.1) is 12.6 Å². The first-order valence-electron chi connectivity index (χ1n) is 11.6. The monoisotopic (exact) mass is 495 g/mol. The van der Waals surface area contributed by atoms with Gasteiger partial charge in [-0.25, -0.2) is 0 Å². The van der Waals surface area contributed by atoms with E-state index in [-0.39, 0.29) is 16.3 Å². The largest absolute Gasteiger partial charge is 0.494 e. The van der Waals surface area contributed by atoms with Gasteiger partial charge in [-0.05, 0) is 47.3 Å². The molecule has 6 aromatic rings. The summed E-state index contributed by atoms with van der Waals surface area (Å²) in [6.45, 7) is 1.72. The molecule has 2 saturated heterocycles. The highest BCUT2D eigenvalue weighted by atomic mass is 32.1. The molecule has 0 spiro atoms. The summed E-state index contributed by atoms with van der Waals surface area (Å²) in [4.78, 5) is 42.1. The topological polar surface area (TPSA) is 92.5 Å². The summed E-state index contributed by atoms with van der Waals surface area (Å²) in [7, 11) is -1.32. The molecule has 3 aromatic carbocycles. The van der Waals surface area contributed by atoms with Crippen LogP contribution in [0, 0.1) is 0 Å². The molecular weight excluding hydrogens is 480 g/mol. The third kappa shape index (κ3) is 2.59. The van der Waals surface area contributed by atoms with Crippen molar-refractivity contribution in [3.05, 3.63) is 67.1 Å². The van der Waals surface area contributed by atoms with Gasteiger partial charge in [0.15, 0.2) is 16.3 Å². The molecule has 0 N–H and O–H groups in total. The quantitative estimate of drug-likeness (QED) is 0.164. The Morgan fingerprint density at radius 2 is 0.861 bits per heavy atom. The van der Waals surface area contributed by atoms with Crippen molar-refractivity contribution >= 4 is 86.7 Å². The molecule has 0 bridgehead atoms. The molecule has 0 amide bonds. The summed E-state index contributed by atoms with van der Waals surface area (Å²) >= 11 is 4.49. The van der Waals surface area contributed by atoms with Crippen molar-refractivity contribution in [2.24, 2.45) is 0 Å². The van der Waals surface area contributed by atoms with Crippen LogP contribution in [0.4, 0.5) is 0 Å². The third-order valence-electron chi connectivity index (χ3n) is 7.29. The van der Waals surface area contributed by atoms with Crippen LogP contribution in [0.3, 0.4) is 0 Å². The smallest absolute Gasteiger partial charge is 0.405 e. The summed E-state index contributed by atoms with van der Waals surface area (Å²) in [5, 5.41) is 2.19. The van der Waals surface area contributed by atoms with Gasteiger partial charge in [-0.1, -0.05) is 0 Å². The molecule has 11 heteroatoms. The van der Waals surface area contributed by atoms with Gasteiger partial charge >= 0.3 is 14.2 Å². The molecule has 0 unspecified atom stereocenters. The Morgan fingerprint density at radius 1 is 0.556 bits per heavy atom. The minimum Gasteiger partial charge on any atom is -0.405 e. The summed E-state index contributed by atoms with van der Waals surface area (Å²) < 4.78 is 24.6. The minimum atomic E-state index is -0.660. The van der Waals surface area contributed by atoms with Crippen LogP contribution in [0.15, 0.2) is 55.7 Å². The highest BCUT2D eigenvalue weighted by Gasteiger charge is 2.32. The maximum atomic E-state index is 14.0. The maximum absolute atomic E-state index is 14.0. The highest BCUT2D eigenvalue weighted by molar-refractivity contribution is 7.80. The fourth-order valence-electron chi connectivity index (χ4n) is 5.84. The third-order valence-corrected chi connectivity index (χ3v) is 7.54. The van der Waals surface area contributed by atoms with Crippen LogP contribution >= 0.6 is 12.6 Å². The van der Waals surface area contributed by atoms with E-state index >= 15 is 0 Å². The van der Waals surface area contributed by atoms with Crippen LogP contribution in [0.5, 0.6) is 0 Å². The number of rotatable bonds is 2. The Balaban J connectivity index is 1.67. The summed E-state index contributed by atoms with van der Waals surface area (Å²) in [5.41, 5.74) is 1.83. The Bertz CT molecular complexity index is 1910. The van der Waals surface area contributed by atoms with E-state index in [2.05, 4.69) is 12.6 Å². The lowest BCUT2D eigenvalue weighted by atomic mass is 9.76. The molecule has 36 heavy (non-hydrogen) atoms. The fourth-order valence-corrected chi connectivity index (χ4v) is 6.10. The van der Waals surface area contributed by atoms with Crippen LogP contribution in [-0.2, 0) is 18.6 Å². The molecule has 0 radical (unpaired) electrons. The van der Waals surface area contributed by atoms with Gasteiger partial charge in [0.1, 0.15) is 0 Å². The first kappa shape index (κ1) is 20.9. The van der Waals surface area contributed by atoms with Gasteiger partial charge in [0.2, 0.25) is 0 Å². The Kier molecular flexibility index (Phi) is 4.17. The predicted octanol–water partition coefficient (Wildman–Crippen LogP) is 0.719. The first-order valence-corrected chi connectivity index (χ1v) is 12.1. The molecule has 3 aromatic heterocycles. The number of pyridine rings is 3. The lowest BCUT2D eigenvalue weighted by molar-refractivity contribution is 0.365. The summed E-state index contributed by atoms with van der Waals surface area (Å²) in [6, 6.07) is 10.3. The molecule has 0 aliphatic carbocycles. The van der Waals surface area contributed by atoms with Crippen molar-refractivity contribution in [2.45, 2.75) is 4.90 Å². The number of thiol groups is 1. The van der Waals surface area contributed by atoms with Crippen LogP contribution in [0.2, 0.25) is 0 Å². The maximum Gasteiger partial charge on any atom is 0.494 e. The molecule has 174 valence electrons. The lowest BCUT2D eigenvalue weighted by Gasteiger charge is -2.20. The molecule has 0 atom stereocenters. The van der Waals surface area contributed by atoms with Crippen LogP contribution in [0.25, 0.3) is 48.9 Å². The molecule has 2 aliphatic heterocycles. The molecule has 8 nitrogen and oxygen atoms in total. The molecule has 8 rings (SSSR count). The van der Waals surface area contributed by atoms with E-state index in [4.69, 9.17) is 18.6 Å². The molecular formula is C25H15B2NO7S.